The number of hydrogen-bond donors (Lipinski definition) is 0. The summed E-state index contributed by atoms with van der Waals surface area (Å²) in [5, 5.41) is 0. The van der Waals surface area contributed by atoms with E-state index in [0.29, 0.717) is 32.1 Å². The Bertz CT molecular complexity index is 1480. The number of carbonyl (C=O) groups excluding carboxylic acids is 1. The lowest BCUT2D eigenvalue weighted by Crippen LogP contribution is -2.38. The summed E-state index contributed by atoms with van der Waals surface area (Å²) in [5.41, 5.74) is 2.39. The zero-order valence-corrected chi connectivity index (χ0v) is 20.8. The van der Waals surface area contributed by atoms with Crippen LogP contribution in [0.5, 0.6) is 11.5 Å². The van der Waals surface area contributed by atoms with Crippen LogP contribution in [-0.2, 0) is 9.53 Å². The van der Waals surface area contributed by atoms with Gasteiger partial charge in [-0.2, -0.15) is 0 Å². The third kappa shape index (κ3) is 4.97. The molecular weight excluding hydrogens is 464 g/mol. The van der Waals surface area contributed by atoms with Crippen molar-refractivity contribution < 1.29 is 19.0 Å². The van der Waals surface area contributed by atoms with Crippen molar-refractivity contribution in [1.29, 1.82) is 0 Å². The Hall–Kier alpha value is -3.91. The van der Waals surface area contributed by atoms with E-state index in [2.05, 4.69) is 4.99 Å². The molecule has 1 atom stereocenters. The van der Waals surface area contributed by atoms with E-state index >= 15 is 0 Å². The minimum Gasteiger partial charge on any atom is -0.493 e. The molecule has 1 aliphatic heterocycles. The first kappa shape index (κ1) is 24.2. The number of nitrogens with zero attached hydrogens (tertiary/aromatic N) is 2. The third-order valence-corrected chi connectivity index (χ3v) is 6.52. The average molecular weight is 491 g/mol. The lowest BCUT2D eigenvalue weighted by molar-refractivity contribution is -0.139. The average Bonchev–Trinajstić information content (AvgIpc) is 3.17. The molecule has 2 heterocycles. The Balaban J connectivity index is 1.86. The van der Waals surface area contributed by atoms with Gasteiger partial charge in [0.25, 0.3) is 5.56 Å². The quantitative estimate of drug-likeness (QED) is 0.474. The number of fused-ring (bicyclic) bond motifs is 1. The summed E-state index contributed by atoms with van der Waals surface area (Å²) in [4.78, 5) is 31.5. The molecule has 0 spiro atoms. The van der Waals surface area contributed by atoms with E-state index in [1.165, 1.54) is 11.3 Å². The molecule has 7 nitrogen and oxygen atoms in total. The topological polar surface area (TPSA) is 79.1 Å². The minimum absolute atomic E-state index is 0.231. The van der Waals surface area contributed by atoms with Gasteiger partial charge in [0.15, 0.2) is 16.3 Å². The van der Waals surface area contributed by atoms with Crippen LogP contribution in [0.25, 0.3) is 12.2 Å². The number of allylic oxidation sites excluding steroid dienone is 2. The van der Waals surface area contributed by atoms with Gasteiger partial charge in [-0.25, -0.2) is 9.79 Å². The third-order valence-electron chi connectivity index (χ3n) is 5.54. The van der Waals surface area contributed by atoms with Gasteiger partial charge in [-0.1, -0.05) is 59.9 Å². The molecule has 35 heavy (non-hydrogen) atoms. The zero-order valence-electron chi connectivity index (χ0n) is 20.0. The highest BCUT2D eigenvalue weighted by atomic mass is 32.1. The molecule has 0 saturated carbocycles. The maximum absolute atomic E-state index is 13.6. The van der Waals surface area contributed by atoms with Gasteiger partial charge in [-0.15, -0.1) is 0 Å². The number of thiazole rings is 1. The molecule has 1 aromatic heterocycles. The molecule has 0 fully saturated rings. The first-order valence-electron chi connectivity index (χ1n) is 11.1. The van der Waals surface area contributed by atoms with Gasteiger partial charge < -0.3 is 14.2 Å². The van der Waals surface area contributed by atoms with E-state index in [4.69, 9.17) is 14.2 Å². The van der Waals surface area contributed by atoms with Gasteiger partial charge in [-0.3, -0.25) is 9.36 Å². The maximum atomic E-state index is 13.6. The molecule has 1 aliphatic rings. The maximum Gasteiger partial charge on any atom is 0.338 e. The molecule has 0 bridgehead atoms. The summed E-state index contributed by atoms with van der Waals surface area (Å²) in [6.07, 6.45) is 5.53. The molecular formula is C27H26N2O5S. The fourth-order valence-electron chi connectivity index (χ4n) is 3.88. The van der Waals surface area contributed by atoms with Gasteiger partial charge >= 0.3 is 5.97 Å². The number of benzene rings is 2. The fraction of sp³-hybridized carbons (Fsp3) is 0.222. The van der Waals surface area contributed by atoms with Crippen LogP contribution in [-0.4, -0.2) is 31.4 Å². The predicted octanol–water partition coefficient (Wildman–Crippen LogP) is 3.48. The molecule has 3 aromatic rings. The Morgan fingerprint density at radius 1 is 1.09 bits per heavy atom. The number of hydrogen-bond acceptors (Lipinski definition) is 7. The van der Waals surface area contributed by atoms with Gasteiger partial charge in [0, 0.05) is 0 Å². The predicted molar refractivity (Wildman–Crippen MR) is 136 cm³/mol. The van der Waals surface area contributed by atoms with Gasteiger partial charge in [0.05, 0.1) is 42.7 Å². The number of methoxy groups -OCH3 is 2. The van der Waals surface area contributed by atoms with Crippen molar-refractivity contribution in [3.63, 3.8) is 0 Å². The van der Waals surface area contributed by atoms with Crippen LogP contribution in [0.4, 0.5) is 0 Å². The molecule has 0 aliphatic carbocycles. The second kappa shape index (κ2) is 10.6. The van der Waals surface area contributed by atoms with Crippen LogP contribution in [0.1, 0.15) is 31.0 Å². The van der Waals surface area contributed by atoms with E-state index in [1.807, 2.05) is 48.6 Å². The van der Waals surface area contributed by atoms with Crippen molar-refractivity contribution in [2.75, 3.05) is 20.8 Å². The lowest BCUT2D eigenvalue weighted by Gasteiger charge is -2.21. The summed E-state index contributed by atoms with van der Waals surface area (Å²) in [7, 11) is 3.14. The second-order valence-electron chi connectivity index (χ2n) is 7.73. The Morgan fingerprint density at radius 2 is 1.83 bits per heavy atom. The first-order chi connectivity index (χ1) is 17.0. The number of carbonyl (C=O) groups is 1. The highest BCUT2D eigenvalue weighted by Gasteiger charge is 2.30. The van der Waals surface area contributed by atoms with Crippen molar-refractivity contribution in [1.82, 2.24) is 4.57 Å². The van der Waals surface area contributed by atoms with Crippen LogP contribution < -0.4 is 24.4 Å². The molecule has 180 valence electrons. The van der Waals surface area contributed by atoms with Crippen LogP contribution in [0, 0.1) is 0 Å². The summed E-state index contributed by atoms with van der Waals surface area (Å²) in [5.74, 6) is 0.690. The number of ether oxygens (including phenoxy) is 3. The van der Waals surface area contributed by atoms with E-state index in [9.17, 15) is 9.59 Å². The lowest BCUT2D eigenvalue weighted by atomic mass is 10.0. The zero-order chi connectivity index (χ0) is 24.9. The summed E-state index contributed by atoms with van der Waals surface area (Å²) in [6.45, 7) is 3.75. The van der Waals surface area contributed by atoms with E-state index < -0.39 is 12.0 Å². The summed E-state index contributed by atoms with van der Waals surface area (Å²) >= 11 is 1.27. The molecule has 0 N–H and O–H groups in total. The van der Waals surface area contributed by atoms with Crippen molar-refractivity contribution in [3.8, 4) is 11.5 Å². The van der Waals surface area contributed by atoms with Crippen LogP contribution in [0.2, 0.25) is 0 Å². The van der Waals surface area contributed by atoms with Crippen LogP contribution in [0.3, 0.4) is 0 Å². The highest BCUT2D eigenvalue weighted by Crippen LogP contribution is 2.28. The summed E-state index contributed by atoms with van der Waals surface area (Å²) in [6, 6.07) is 14.5. The Kier molecular flexibility index (Phi) is 7.31. The van der Waals surface area contributed by atoms with E-state index in [-0.39, 0.29) is 12.2 Å². The van der Waals surface area contributed by atoms with Crippen LogP contribution in [0.15, 0.2) is 75.7 Å². The van der Waals surface area contributed by atoms with E-state index in [1.54, 1.807) is 50.8 Å². The first-order valence-corrected chi connectivity index (χ1v) is 11.9. The second-order valence-corrected chi connectivity index (χ2v) is 8.74. The van der Waals surface area contributed by atoms with Gasteiger partial charge in [-0.05, 0) is 43.2 Å². The Morgan fingerprint density at radius 3 is 2.51 bits per heavy atom. The van der Waals surface area contributed by atoms with Crippen molar-refractivity contribution in [2.24, 2.45) is 4.99 Å². The number of aromatic nitrogens is 1. The number of esters is 1. The fourth-order valence-corrected chi connectivity index (χ4v) is 4.93. The smallest absolute Gasteiger partial charge is 0.338 e. The SMILES string of the molecule is CCOC(=O)C1=C(C)N=c2s/c(=C/c3ccc(OC)c(OC)c3)c(=O)n2[C@@H]1/C=C/c1ccccc1. The molecule has 4 rings (SSSR count). The van der Waals surface area contributed by atoms with Gasteiger partial charge in [0.2, 0.25) is 0 Å². The summed E-state index contributed by atoms with van der Waals surface area (Å²) < 4.78 is 18.0. The van der Waals surface area contributed by atoms with Crippen molar-refractivity contribution >= 4 is 29.5 Å². The monoisotopic (exact) mass is 490 g/mol. The van der Waals surface area contributed by atoms with Crippen LogP contribution >= 0.6 is 11.3 Å². The highest BCUT2D eigenvalue weighted by molar-refractivity contribution is 7.07. The molecule has 2 aromatic carbocycles. The van der Waals surface area contributed by atoms with Crippen molar-refractivity contribution in [3.05, 3.63) is 96.7 Å². The molecule has 0 unspecified atom stereocenters. The molecule has 0 radical (unpaired) electrons. The largest absolute Gasteiger partial charge is 0.493 e. The van der Waals surface area contributed by atoms with Gasteiger partial charge in [0.1, 0.15) is 0 Å². The van der Waals surface area contributed by atoms with Crippen molar-refractivity contribution in [2.45, 2.75) is 19.9 Å². The van der Waals surface area contributed by atoms with E-state index in [0.717, 1.165) is 11.1 Å². The normalized spacial score (nSPS) is 15.7. The number of rotatable bonds is 7. The minimum atomic E-state index is -0.641. The standard InChI is InChI=1S/C27H26N2O5S/c1-5-34-26(31)24-17(2)28-27-29(20(24)13-11-18-9-7-6-8-10-18)25(30)23(35-27)16-19-12-14-21(32-3)22(15-19)33-4/h6-16,20H,5H2,1-4H3/b13-11+,23-16+/t20-/m1/s1. The molecule has 0 amide bonds. The molecule has 0 saturated heterocycles. The Labute approximate surface area is 206 Å². The molecule has 8 heteroatoms.